The van der Waals surface area contributed by atoms with Crippen LogP contribution in [0.5, 0.6) is 0 Å². The van der Waals surface area contributed by atoms with Crippen molar-refractivity contribution >= 4 is 5.78 Å². The number of carbonyl (C=O) groups excluding carboxylic acids is 1. The fourth-order valence-corrected chi connectivity index (χ4v) is 1.54. The average Bonchev–Trinajstić information content (AvgIpc) is 2.21. The van der Waals surface area contributed by atoms with Crippen molar-refractivity contribution in [1.82, 2.24) is 0 Å². The predicted octanol–water partition coefficient (Wildman–Crippen LogP) is 2.80. The maximum Gasteiger partial charge on any atom is 0.146 e. The van der Waals surface area contributed by atoms with E-state index in [4.69, 9.17) is 5.26 Å². The van der Waals surface area contributed by atoms with Gasteiger partial charge in [0.1, 0.15) is 5.78 Å². The Hall–Kier alpha value is -1.62. The van der Waals surface area contributed by atoms with Gasteiger partial charge in [0.05, 0.1) is 12.5 Å². The molecule has 0 unspecified atom stereocenters. The zero-order valence-electron chi connectivity index (χ0n) is 8.99. The Morgan fingerprint density at radius 3 is 2.80 bits per heavy atom. The second-order valence-corrected chi connectivity index (χ2v) is 3.65. The molecule has 78 valence electrons. The largest absolute Gasteiger partial charge is 0.299 e. The van der Waals surface area contributed by atoms with Crippen LogP contribution in [-0.2, 0) is 11.2 Å². The number of aryl methyl sites for hydroxylation is 2. The highest BCUT2D eigenvalue weighted by atomic mass is 16.1. The van der Waals surface area contributed by atoms with E-state index in [9.17, 15) is 4.79 Å². The summed E-state index contributed by atoms with van der Waals surface area (Å²) in [5.74, 6) is 0.0473. The summed E-state index contributed by atoms with van der Waals surface area (Å²) in [5.41, 5.74) is 2.56. The van der Waals surface area contributed by atoms with Gasteiger partial charge >= 0.3 is 0 Å². The van der Waals surface area contributed by atoms with E-state index in [1.807, 2.05) is 18.2 Å². The fourth-order valence-electron chi connectivity index (χ4n) is 1.54. The molecule has 2 nitrogen and oxygen atoms in total. The molecule has 0 saturated heterocycles. The van der Waals surface area contributed by atoms with Crippen LogP contribution in [-0.4, -0.2) is 5.78 Å². The number of hydrogen-bond donors (Lipinski definition) is 0. The van der Waals surface area contributed by atoms with Gasteiger partial charge in [-0.2, -0.15) is 5.26 Å². The Morgan fingerprint density at radius 2 is 2.13 bits per heavy atom. The SMILES string of the molecule is Cc1ccccc1CCCC(=O)CC#N. The van der Waals surface area contributed by atoms with Gasteiger partial charge in [-0.3, -0.25) is 4.79 Å². The lowest BCUT2D eigenvalue weighted by Crippen LogP contribution is -1.98. The molecule has 1 aromatic carbocycles. The van der Waals surface area contributed by atoms with Crippen LogP contribution in [0.3, 0.4) is 0 Å². The summed E-state index contributed by atoms with van der Waals surface area (Å²) in [6, 6.07) is 10.1. The third kappa shape index (κ3) is 3.95. The average molecular weight is 201 g/mol. The third-order valence-corrected chi connectivity index (χ3v) is 2.44. The van der Waals surface area contributed by atoms with Crippen molar-refractivity contribution in [2.24, 2.45) is 0 Å². The van der Waals surface area contributed by atoms with Crippen molar-refractivity contribution in [3.63, 3.8) is 0 Å². The number of carbonyl (C=O) groups is 1. The zero-order valence-corrected chi connectivity index (χ0v) is 8.99. The number of nitriles is 1. The first-order valence-corrected chi connectivity index (χ1v) is 5.17. The third-order valence-electron chi connectivity index (χ3n) is 2.44. The molecule has 0 aliphatic heterocycles. The summed E-state index contributed by atoms with van der Waals surface area (Å²) in [4.78, 5) is 11.1. The molecule has 0 bridgehead atoms. The fraction of sp³-hybridized carbons (Fsp3) is 0.385. The van der Waals surface area contributed by atoms with Gasteiger partial charge in [0.25, 0.3) is 0 Å². The van der Waals surface area contributed by atoms with Gasteiger partial charge in [-0.25, -0.2) is 0 Å². The number of hydrogen-bond acceptors (Lipinski definition) is 2. The van der Waals surface area contributed by atoms with Gasteiger partial charge in [0.15, 0.2) is 0 Å². The van der Waals surface area contributed by atoms with E-state index in [1.54, 1.807) is 0 Å². The van der Waals surface area contributed by atoms with E-state index in [1.165, 1.54) is 11.1 Å². The van der Waals surface area contributed by atoms with Crippen molar-refractivity contribution < 1.29 is 4.79 Å². The Bertz CT molecular complexity index is 376. The summed E-state index contributed by atoms with van der Waals surface area (Å²) in [6.07, 6.45) is 2.32. The molecule has 0 radical (unpaired) electrons. The van der Waals surface area contributed by atoms with Crippen LogP contribution in [0.15, 0.2) is 24.3 Å². The molecule has 0 aromatic heterocycles. The second kappa shape index (κ2) is 5.98. The van der Waals surface area contributed by atoms with E-state index >= 15 is 0 Å². The van der Waals surface area contributed by atoms with Crippen LogP contribution in [0.4, 0.5) is 0 Å². The van der Waals surface area contributed by atoms with Crippen LogP contribution < -0.4 is 0 Å². The summed E-state index contributed by atoms with van der Waals surface area (Å²) in [5, 5.41) is 8.33. The van der Waals surface area contributed by atoms with Crippen molar-refractivity contribution in [3.8, 4) is 6.07 Å². The van der Waals surface area contributed by atoms with Crippen LogP contribution >= 0.6 is 0 Å². The molecule has 2 heteroatoms. The normalized spacial score (nSPS) is 9.60. The highest BCUT2D eigenvalue weighted by molar-refractivity contribution is 5.80. The standard InChI is InChI=1S/C13H15NO/c1-11-5-2-3-6-12(11)7-4-8-13(15)9-10-14/h2-3,5-6H,4,7-9H2,1H3. The molecule has 0 atom stereocenters. The van der Waals surface area contributed by atoms with Crippen LogP contribution in [0.2, 0.25) is 0 Å². The number of benzene rings is 1. The molecular formula is C13H15NO. The topological polar surface area (TPSA) is 40.9 Å². The summed E-state index contributed by atoms with van der Waals surface area (Å²) in [6.45, 7) is 2.08. The molecule has 0 spiro atoms. The first-order chi connectivity index (χ1) is 7.24. The van der Waals surface area contributed by atoms with Gasteiger partial charge in [0.2, 0.25) is 0 Å². The number of nitrogens with zero attached hydrogens (tertiary/aromatic N) is 1. The Balaban J connectivity index is 2.36. The van der Waals surface area contributed by atoms with E-state index in [0.29, 0.717) is 6.42 Å². The molecule has 0 fully saturated rings. The first kappa shape index (κ1) is 11.5. The summed E-state index contributed by atoms with van der Waals surface area (Å²) in [7, 11) is 0. The molecule has 0 amide bonds. The summed E-state index contributed by atoms with van der Waals surface area (Å²) >= 11 is 0. The first-order valence-electron chi connectivity index (χ1n) is 5.17. The quantitative estimate of drug-likeness (QED) is 0.735. The van der Waals surface area contributed by atoms with E-state index in [0.717, 1.165) is 12.8 Å². The number of Topliss-reactive ketones (excluding diaryl/α,β-unsaturated/α-hetero) is 1. The minimum Gasteiger partial charge on any atom is -0.299 e. The monoisotopic (exact) mass is 201 g/mol. The van der Waals surface area contributed by atoms with E-state index in [-0.39, 0.29) is 12.2 Å². The Labute approximate surface area is 90.5 Å². The molecule has 0 heterocycles. The molecule has 0 aliphatic carbocycles. The minimum absolute atomic E-state index is 0.0473. The van der Waals surface area contributed by atoms with Crippen LogP contribution in [0, 0.1) is 18.3 Å². The van der Waals surface area contributed by atoms with Gasteiger partial charge in [-0.1, -0.05) is 24.3 Å². The highest BCUT2D eigenvalue weighted by Crippen LogP contribution is 2.10. The Kier molecular flexibility index (Phi) is 4.56. The molecular weight excluding hydrogens is 186 g/mol. The van der Waals surface area contributed by atoms with Crippen molar-refractivity contribution in [1.29, 1.82) is 5.26 Å². The van der Waals surface area contributed by atoms with E-state index in [2.05, 4.69) is 19.1 Å². The molecule has 0 saturated carbocycles. The van der Waals surface area contributed by atoms with Crippen molar-refractivity contribution in [2.75, 3.05) is 0 Å². The predicted molar refractivity (Wildman–Crippen MR) is 59.4 cm³/mol. The van der Waals surface area contributed by atoms with Crippen molar-refractivity contribution in [2.45, 2.75) is 32.6 Å². The molecule has 1 rings (SSSR count). The smallest absolute Gasteiger partial charge is 0.146 e. The summed E-state index contributed by atoms with van der Waals surface area (Å²) < 4.78 is 0. The maximum atomic E-state index is 11.1. The van der Waals surface area contributed by atoms with Gasteiger partial charge in [-0.15, -0.1) is 0 Å². The van der Waals surface area contributed by atoms with Gasteiger partial charge in [-0.05, 0) is 30.9 Å². The molecule has 15 heavy (non-hydrogen) atoms. The highest BCUT2D eigenvalue weighted by Gasteiger charge is 2.02. The second-order valence-electron chi connectivity index (χ2n) is 3.65. The van der Waals surface area contributed by atoms with E-state index < -0.39 is 0 Å². The molecule has 0 aliphatic rings. The maximum absolute atomic E-state index is 11.1. The number of ketones is 1. The minimum atomic E-state index is 0.0473. The molecule has 1 aromatic rings. The molecule has 0 N–H and O–H groups in total. The Morgan fingerprint density at radius 1 is 1.40 bits per heavy atom. The van der Waals surface area contributed by atoms with Gasteiger partial charge < -0.3 is 0 Å². The van der Waals surface area contributed by atoms with Crippen LogP contribution in [0.1, 0.15) is 30.4 Å². The van der Waals surface area contributed by atoms with Crippen LogP contribution in [0.25, 0.3) is 0 Å². The van der Waals surface area contributed by atoms with Crippen molar-refractivity contribution in [3.05, 3.63) is 35.4 Å². The number of rotatable bonds is 5. The lowest BCUT2D eigenvalue weighted by molar-refractivity contribution is -0.118. The lowest BCUT2D eigenvalue weighted by Gasteiger charge is -2.03. The lowest BCUT2D eigenvalue weighted by atomic mass is 10.0. The van der Waals surface area contributed by atoms with Gasteiger partial charge in [0, 0.05) is 6.42 Å². The zero-order chi connectivity index (χ0) is 11.1.